The molecule has 1 unspecified atom stereocenters. The van der Waals surface area contributed by atoms with Gasteiger partial charge in [0.15, 0.2) is 9.84 Å². The van der Waals surface area contributed by atoms with Crippen LogP contribution < -0.4 is 5.32 Å². The molecule has 1 aromatic heterocycles. The van der Waals surface area contributed by atoms with Gasteiger partial charge in [-0.1, -0.05) is 6.08 Å². The van der Waals surface area contributed by atoms with E-state index in [2.05, 4.69) is 10.3 Å². The predicted octanol–water partition coefficient (Wildman–Crippen LogP) is 0.852. The monoisotopic (exact) mass is 244 g/mol. The van der Waals surface area contributed by atoms with Gasteiger partial charge in [0.25, 0.3) is 0 Å². The number of thiazole rings is 1. The second-order valence-electron chi connectivity index (χ2n) is 3.51. The molecule has 0 bridgehead atoms. The molecule has 82 valence electrons. The van der Waals surface area contributed by atoms with Crippen molar-refractivity contribution >= 4 is 21.2 Å². The average molecular weight is 244 g/mol. The van der Waals surface area contributed by atoms with Crippen LogP contribution in [-0.4, -0.2) is 25.2 Å². The minimum atomic E-state index is -2.95. The largest absolute Gasteiger partial charge is 0.305 e. The Kier molecular flexibility index (Phi) is 2.90. The fourth-order valence-electron chi connectivity index (χ4n) is 1.42. The van der Waals surface area contributed by atoms with Crippen molar-refractivity contribution in [2.45, 2.75) is 19.5 Å². The number of hydrogen-bond acceptors (Lipinski definition) is 5. The highest BCUT2D eigenvalue weighted by atomic mass is 32.2. The van der Waals surface area contributed by atoms with Crippen LogP contribution in [0, 0.1) is 6.92 Å². The molecule has 2 rings (SSSR count). The maximum atomic E-state index is 11.1. The summed E-state index contributed by atoms with van der Waals surface area (Å²) < 4.78 is 22.3. The molecule has 15 heavy (non-hydrogen) atoms. The van der Waals surface area contributed by atoms with Crippen LogP contribution in [0.3, 0.4) is 0 Å². The molecule has 0 saturated carbocycles. The molecule has 0 spiro atoms. The van der Waals surface area contributed by atoms with E-state index in [0.29, 0.717) is 6.54 Å². The normalized spacial score (nSPS) is 23.4. The zero-order valence-electron chi connectivity index (χ0n) is 8.30. The van der Waals surface area contributed by atoms with Crippen molar-refractivity contribution in [1.29, 1.82) is 0 Å². The number of sulfone groups is 1. The molecular formula is C9H12N2O2S2. The van der Waals surface area contributed by atoms with Gasteiger partial charge in [-0.05, 0) is 6.92 Å². The summed E-state index contributed by atoms with van der Waals surface area (Å²) in [7, 11) is -2.95. The van der Waals surface area contributed by atoms with Crippen molar-refractivity contribution in [2.24, 2.45) is 0 Å². The van der Waals surface area contributed by atoms with E-state index in [1.807, 2.05) is 6.92 Å². The summed E-state index contributed by atoms with van der Waals surface area (Å²) in [5.74, 6) is 0.171. The Labute approximate surface area is 93.0 Å². The Morgan fingerprint density at radius 1 is 1.67 bits per heavy atom. The van der Waals surface area contributed by atoms with Gasteiger partial charge >= 0.3 is 0 Å². The summed E-state index contributed by atoms with van der Waals surface area (Å²) in [6, 6.07) is -0.0588. The molecule has 0 aliphatic carbocycles. The lowest BCUT2D eigenvalue weighted by atomic mass is 10.3. The molecule has 0 saturated heterocycles. The summed E-state index contributed by atoms with van der Waals surface area (Å²) in [5, 5.41) is 4.47. The van der Waals surface area contributed by atoms with E-state index in [1.54, 1.807) is 22.9 Å². The molecular weight excluding hydrogens is 232 g/mol. The average Bonchev–Trinajstić information content (AvgIpc) is 2.69. The quantitative estimate of drug-likeness (QED) is 0.856. The van der Waals surface area contributed by atoms with Gasteiger partial charge in [0, 0.05) is 22.9 Å². The first-order valence-corrected chi connectivity index (χ1v) is 7.20. The molecule has 1 N–H and O–H groups in total. The minimum Gasteiger partial charge on any atom is -0.305 e. The van der Waals surface area contributed by atoms with Crippen molar-refractivity contribution in [1.82, 2.24) is 10.3 Å². The van der Waals surface area contributed by atoms with Crippen molar-refractivity contribution in [3.05, 3.63) is 27.6 Å². The van der Waals surface area contributed by atoms with E-state index < -0.39 is 9.84 Å². The number of aromatic nitrogens is 1. The van der Waals surface area contributed by atoms with Gasteiger partial charge in [-0.2, -0.15) is 0 Å². The first-order valence-electron chi connectivity index (χ1n) is 4.60. The molecule has 1 aliphatic rings. The number of nitrogens with zero attached hydrogens (tertiary/aromatic N) is 1. The van der Waals surface area contributed by atoms with Crippen LogP contribution in [0.2, 0.25) is 0 Å². The van der Waals surface area contributed by atoms with Crippen LogP contribution >= 0.6 is 11.3 Å². The molecule has 0 aromatic carbocycles. The lowest BCUT2D eigenvalue weighted by molar-refractivity contribution is 0.591. The summed E-state index contributed by atoms with van der Waals surface area (Å²) in [5.41, 5.74) is 2.81. The number of rotatable bonds is 3. The third kappa shape index (κ3) is 2.64. The van der Waals surface area contributed by atoms with Gasteiger partial charge in [0.05, 0.1) is 17.0 Å². The summed E-state index contributed by atoms with van der Waals surface area (Å²) in [6.45, 7) is 2.63. The number of hydrogen-bond donors (Lipinski definition) is 1. The molecule has 4 nitrogen and oxygen atoms in total. The highest BCUT2D eigenvalue weighted by molar-refractivity contribution is 7.94. The van der Waals surface area contributed by atoms with E-state index in [-0.39, 0.29) is 11.8 Å². The zero-order chi connectivity index (χ0) is 10.9. The van der Waals surface area contributed by atoms with E-state index in [1.165, 1.54) is 5.41 Å². The molecule has 1 atom stereocenters. The van der Waals surface area contributed by atoms with Crippen molar-refractivity contribution in [2.75, 3.05) is 5.75 Å². The van der Waals surface area contributed by atoms with Gasteiger partial charge in [0.2, 0.25) is 0 Å². The Bertz CT molecular complexity index is 476. The first kappa shape index (κ1) is 10.8. The molecule has 1 aromatic rings. The minimum absolute atomic E-state index is 0.0588. The Hall–Kier alpha value is -0.720. The second kappa shape index (κ2) is 4.03. The first-order chi connectivity index (χ1) is 7.07. The molecule has 0 fully saturated rings. The fourth-order valence-corrected chi connectivity index (χ4v) is 3.42. The Balaban J connectivity index is 1.91. The van der Waals surface area contributed by atoms with Gasteiger partial charge < -0.3 is 5.32 Å². The van der Waals surface area contributed by atoms with Crippen LogP contribution in [0.5, 0.6) is 0 Å². The van der Waals surface area contributed by atoms with Crippen LogP contribution in [0.1, 0.15) is 10.6 Å². The fraction of sp³-hybridized carbons (Fsp3) is 0.444. The lowest BCUT2D eigenvalue weighted by Gasteiger charge is -2.08. The maximum Gasteiger partial charge on any atom is 0.173 e. The zero-order valence-corrected chi connectivity index (χ0v) is 9.94. The molecule has 1 aliphatic heterocycles. The van der Waals surface area contributed by atoms with Gasteiger partial charge in [-0.3, -0.25) is 0 Å². The highest BCUT2D eigenvalue weighted by Crippen LogP contribution is 2.13. The van der Waals surface area contributed by atoms with Crippen LogP contribution in [0.15, 0.2) is 17.0 Å². The SMILES string of the molecule is Cc1ncsc1CNC1C=CS(=O)(=O)C1. The van der Waals surface area contributed by atoms with Crippen LogP contribution in [0.4, 0.5) is 0 Å². The summed E-state index contributed by atoms with van der Waals surface area (Å²) >= 11 is 1.59. The summed E-state index contributed by atoms with van der Waals surface area (Å²) in [4.78, 5) is 5.29. The van der Waals surface area contributed by atoms with Gasteiger partial charge in [-0.15, -0.1) is 11.3 Å². The lowest BCUT2D eigenvalue weighted by Crippen LogP contribution is -2.29. The maximum absolute atomic E-state index is 11.1. The molecule has 6 heteroatoms. The Morgan fingerprint density at radius 3 is 3.00 bits per heavy atom. The van der Waals surface area contributed by atoms with Crippen molar-refractivity contribution < 1.29 is 8.42 Å². The topological polar surface area (TPSA) is 59.1 Å². The van der Waals surface area contributed by atoms with E-state index in [4.69, 9.17) is 0 Å². The number of nitrogens with one attached hydrogen (secondary N) is 1. The molecule has 2 heterocycles. The van der Waals surface area contributed by atoms with Gasteiger partial charge in [0.1, 0.15) is 0 Å². The second-order valence-corrected chi connectivity index (χ2v) is 6.38. The van der Waals surface area contributed by atoms with Crippen molar-refractivity contribution in [3.8, 4) is 0 Å². The molecule has 0 amide bonds. The third-order valence-electron chi connectivity index (χ3n) is 2.30. The van der Waals surface area contributed by atoms with E-state index in [0.717, 1.165) is 10.6 Å². The molecule has 0 radical (unpaired) electrons. The van der Waals surface area contributed by atoms with Crippen molar-refractivity contribution in [3.63, 3.8) is 0 Å². The third-order valence-corrected chi connectivity index (χ3v) is 4.63. The van der Waals surface area contributed by atoms with E-state index in [9.17, 15) is 8.42 Å². The smallest absolute Gasteiger partial charge is 0.173 e. The summed E-state index contributed by atoms with van der Waals surface area (Å²) in [6.07, 6.45) is 1.70. The van der Waals surface area contributed by atoms with Crippen LogP contribution in [0.25, 0.3) is 0 Å². The van der Waals surface area contributed by atoms with E-state index >= 15 is 0 Å². The standard InChI is InChI=1S/C9H12N2O2S2/c1-7-9(14-6-11-7)4-10-8-2-3-15(12,13)5-8/h2-3,6,8,10H,4-5H2,1H3. The Morgan fingerprint density at radius 2 is 2.47 bits per heavy atom. The highest BCUT2D eigenvalue weighted by Gasteiger charge is 2.21. The predicted molar refractivity (Wildman–Crippen MR) is 60.4 cm³/mol. The number of aryl methyl sites for hydroxylation is 1. The van der Waals surface area contributed by atoms with Gasteiger partial charge in [-0.25, -0.2) is 13.4 Å². The van der Waals surface area contributed by atoms with Crippen LogP contribution in [-0.2, 0) is 16.4 Å².